The first-order chi connectivity index (χ1) is 10.3. The molecule has 1 spiro atoms. The Labute approximate surface area is 125 Å². The lowest BCUT2D eigenvalue weighted by molar-refractivity contribution is -0.193. The van der Waals surface area contributed by atoms with Gasteiger partial charge in [0.25, 0.3) is 0 Å². The van der Waals surface area contributed by atoms with Gasteiger partial charge in [-0.25, -0.2) is 0 Å². The first-order valence-corrected chi connectivity index (χ1v) is 7.89. The molecular weight excluding hydrogens is 266 g/mol. The zero-order chi connectivity index (χ0) is 14.3. The quantitative estimate of drug-likeness (QED) is 0.836. The molecule has 3 aliphatic rings. The van der Waals surface area contributed by atoms with Crippen molar-refractivity contribution in [3.63, 3.8) is 0 Å². The van der Waals surface area contributed by atoms with Crippen molar-refractivity contribution in [2.24, 2.45) is 5.92 Å². The molecule has 3 fully saturated rings. The van der Waals surface area contributed by atoms with Crippen molar-refractivity contribution in [2.45, 2.75) is 31.0 Å². The third-order valence-corrected chi connectivity index (χ3v) is 4.88. The minimum atomic E-state index is -0.509. The maximum Gasteiger partial charge on any atom is 0.226 e. The van der Waals surface area contributed by atoms with Gasteiger partial charge in [0.15, 0.2) is 5.79 Å². The molecule has 1 saturated carbocycles. The number of hydrogen-bond donors (Lipinski definition) is 0. The molecule has 1 amide bonds. The Balaban J connectivity index is 1.42. The summed E-state index contributed by atoms with van der Waals surface area (Å²) >= 11 is 0. The van der Waals surface area contributed by atoms with Gasteiger partial charge < -0.3 is 14.4 Å². The third kappa shape index (κ3) is 2.47. The maximum absolute atomic E-state index is 12.7. The van der Waals surface area contributed by atoms with Crippen molar-refractivity contribution in [3.05, 3.63) is 35.9 Å². The van der Waals surface area contributed by atoms with E-state index in [4.69, 9.17) is 9.47 Å². The zero-order valence-corrected chi connectivity index (χ0v) is 12.2. The van der Waals surface area contributed by atoms with Gasteiger partial charge in [0, 0.05) is 18.9 Å². The Morgan fingerprint density at radius 2 is 1.95 bits per heavy atom. The number of ether oxygens (including phenoxy) is 2. The molecular formula is C17H21NO3. The monoisotopic (exact) mass is 287 g/mol. The summed E-state index contributed by atoms with van der Waals surface area (Å²) in [6.07, 6.45) is 2.85. The molecule has 4 heteroatoms. The van der Waals surface area contributed by atoms with Crippen LogP contribution in [-0.2, 0) is 14.3 Å². The van der Waals surface area contributed by atoms with Crippen LogP contribution in [0.2, 0.25) is 0 Å². The molecule has 0 N–H and O–H groups in total. The summed E-state index contributed by atoms with van der Waals surface area (Å²) in [6, 6.07) is 10.4. The second kappa shape index (κ2) is 5.11. The molecule has 1 aromatic rings. The number of rotatable bonds is 2. The average molecular weight is 287 g/mol. The second-order valence-electron chi connectivity index (χ2n) is 6.33. The van der Waals surface area contributed by atoms with Crippen LogP contribution in [0, 0.1) is 5.92 Å². The number of piperidine rings is 1. The van der Waals surface area contributed by atoms with Crippen LogP contribution in [0.1, 0.15) is 30.7 Å². The predicted molar refractivity (Wildman–Crippen MR) is 77.7 cm³/mol. The molecule has 0 aromatic heterocycles. The molecule has 2 atom stereocenters. The number of carbonyl (C=O) groups excluding carboxylic acids is 1. The summed E-state index contributed by atoms with van der Waals surface area (Å²) in [5.41, 5.74) is 1.29. The van der Waals surface area contributed by atoms with Crippen molar-refractivity contribution in [3.8, 4) is 0 Å². The largest absolute Gasteiger partial charge is 0.346 e. The van der Waals surface area contributed by atoms with Gasteiger partial charge in [-0.1, -0.05) is 30.3 Å². The third-order valence-electron chi connectivity index (χ3n) is 4.88. The van der Waals surface area contributed by atoms with Crippen LogP contribution in [0.3, 0.4) is 0 Å². The molecule has 2 saturated heterocycles. The van der Waals surface area contributed by atoms with Crippen LogP contribution in [-0.4, -0.2) is 42.9 Å². The van der Waals surface area contributed by atoms with Crippen LogP contribution in [0.4, 0.5) is 0 Å². The smallest absolute Gasteiger partial charge is 0.226 e. The van der Waals surface area contributed by atoms with Gasteiger partial charge in [-0.05, 0) is 24.3 Å². The Morgan fingerprint density at radius 3 is 2.71 bits per heavy atom. The number of nitrogens with zero attached hydrogens (tertiary/aromatic N) is 1. The average Bonchev–Trinajstić information content (AvgIpc) is 3.22. The van der Waals surface area contributed by atoms with Crippen molar-refractivity contribution in [1.82, 2.24) is 4.90 Å². The van der Waals surface area contributed by atoms with E-state index in [2.05, 4.69) is 12.1 Å². The van der Waals surface area contributed by atoms with E-state index in [9.17, 15) is 4.79 Å². The Kier molecular flexibility index (Phi) is 3.23. The highest BCUT2D eigenvalue weighted by Crippen LogP contribution is 2.49. The molecule has 4 nitrogen and oxygen atoms in total. The van der Waals surface area contributed by atoms with Gasteiger partial charge in [0.1, 0.15) is 0 Å². The summed E-state index contributed by atoms with van der Waals surface area (Å²) in [4.78, 5) is 14.7. The van der Waals surface area contributed by atoms with Crippen molar-refractivity contribution < 1.29 is 14.3 Å². The molecule has 4 rings (SSSR count). The summed E-state index contributed by atoms with van der Waals surface area (Å²) in [7, 11) is 0. The van der Waals surface area contributed by atoms with E-state index in [-0.39, 0.29) is 11.8 Å². The molecule has 2 aliphatic heterocycles. The number of hydrogen-bond acceptors (Lipinski definition) is 3. The first-order valence-electron chi connectivity index (χ1n) is 7.89. The highest BCUT2D eigenvalue weighted by atomic mass is 16.7. The number of likely N-dealkylation sites (tertiary alicyclic amines) is 1. The van der Waals surface area contributed by atoms with Gasteiger partial charge in [0.05, 0.1) is 19.8 Å². The number of carbonyl (C=O) groups is 1. The van der Waals surface area contributed by atoms with Crippen LogP contribution in [0.15, 0.2) is 30.3 Å². The molecule has 1 aliphatic carbocycles. The van der Waals surface area contributed by atoms with E-state index in [1.54, 1.807) is 0 Å². The van der Waals surface area contributed by atoms with E-state index in [1.165, 1.54) is 5.56 Å². The molecule has 0 radical (unpaired) electrons. The van der Waals surface area contributed by atoms with E-state index in [0.717, 1.165) is 25.8 Å². The van der Waals surface area contributed by atoms with Crippen LogP contribution in [0.5, 0.6) is 0 Å². The maximum atomic E-state index is 12.7. The van der Waals surface area contributed by atoms with Gasteiger partial charge in [-0.2, -0.15) is 0 Å². The van der Waals surface area contributed by atoms with Crippen LogP contribution < -0.4 is 0 Å². The summed E-state index contributed by atoms with van der Waals surface area (Å²) in [5.74, 6) is 0.332. The van der Waals surface area contributed by atoms with E-state index >= 15 is 0 Å². The molecule has 112 valence electrons. The molecule has 2 unspecified atom stereocenters. The fourth-order valence-electron chi connectivity index (χ4n) is 3.68. The molecule has 1 aromatic carbocycles. The molecule has 2 heterocycles. The zero-order valence-electron chi connectivity index (χ0n) is 12.2. The van der Waals surface area contributed by atoms with Crippen LogP contribution >= 0.6 is 0 Å². The van der Waals surface area contributed by atoms with Crippen LogP contribution in [0.25, 0.3) is 0 Å². The van der Waals surface area contributed by atoms with Crippen molar-refractivity contribution >= 4 is 5.91 Å². The number of benzene rings is 1. The van der Waals surface area contributed by atoms with Gasteiger partial charge in [-0.3, -0.25) is 4.79 Å². The summed E-state index contributed by atoms with van der Waals surface area (Å²) in [5, 5.41) is 0. The fraction of sp³-hybridized carbons (Fsp3) is 0.588. The standard InChI is InChI=1S/C17H21NO3/c19-16(15-11-14(15)13-5-2-1-3-6-13)18-8-4-7-17(12-18)20-9-10-21-17/h1-3,5-6,14-15H,4,7-12H2. The van der Waals surface area contributed by atoms with E-state index in [1.807, 2.05) is 23.1 Å². The highest BCUT2D eigenvalue weighted by Gasteiger charge is 2.49. The fourth-order valence-corrected chi connectivity index (χ4v) is 3.68. The minimum absolute atomic E-state index is 0.156. The van der Waals surface area contributed by atoms with Gasteiger partial charge in [-0.15, -0.1) is 0 Å². The topological polar surface area (TPSA) is 38.8 Å². The minimum Gasteiger partial charge on any atom is -0.346 e. The lowest BCUT2D eigenvalue weighted by Gasteiger charge is -2.38. The Bertz CT molecular complexity index is 524. The lowest BCUT2D eigenvalue weighted by Crippen LogP contribution is -2.51. The van der Waals surface area contributed by atoms with Gasteiger partial charge in [0.2, 0.25) is 5.91 Å². The number of amides is 1. The molecule has 0 bridgehead atoms. The van der Waals surface area contributed by atoms with Crippen molar-refractivity contribution in [2.75, 3.05) is 26.3 Å². The lowest BCUT2D eigenvalue weighted by atomic mass is 10.0. The summed E-state index contributed by atoms with van der Waals surface area (Å²) < 4.78 is 11.5. The SMILES string of the molecule is O=C(C1CC1c1ccccc1)N1CCCC2(C1)OCCO2. The first kappa shape index (κ1) is 13.3. The van der Waals surface area contributed by atoms with E-state index in [0.29, 0.717) is 25.7 Å². The predicted octanol–water partition coefficient (Wildman–Crippen LogP) is 2.16. The highest BCUT2D eigenvalue weighted by molar-refractivity contribution is 5.83. The second-order valence-corrected chi connectivity index (χ2v) is 6.33. The van der Waals surface area contributed by atoms with Crippen molar-refractivity contribution in [1.29, 1.82) is 0 Å². The normalized spacial score (nSPS) is 30.6. The Morgan fingerprint density at radius 1 is 1.19 bits per heavy atom. The van der Waals surface area contributed by atoms with E-state index < -0.39 is 5.79 Å². The Hall–Kier alpha value is -1.39. The molecule has 21 heavy (non-hydrogen) atoms. The summed E-state index contributed by atoms with van der Waals surface area (Å²) in [6.45, 7) is 2.74. The van der Waals surface area contributed by atoms with Gasteiger partial charge >= 0.3 is 0 Å².